The van der Waals surface area contributed by atoms with E-state index in [0.29, 0.717) is 36.5 Å². The van der Waals surface area contributed by atoms with E-state index >= 15 is 0 Å². The number of alkyl halides is 3. The van der Waals surface area contributed by atoms with Gasteiger partial charge in [0.2, 0.25) is 5.91 Å². The van der Waals surface area contributed by atoms with Crippen LogP contribution in [-0.4, -0.2) is 41.4 Å². The number of nitrogens with zero attached hydrogens (tertiary/aromatic N) is 2. The smallest absolute Gasteiger partial charge is 0.340 e. The first-order valence-electron chi connectivity index (χ1n) is 9.85. The number of hydrogen-bond acceptors (Lipinski definition) is 2. The third-order valence-corrected chi connectivity index (χ3v) is 5.46. The second kappa shape index (κ2) is 9.60. The van der Waals surface area contributed by atoms with Gasteiger partial charge in [-0.2, -0.15) is 13.2 Å². The Labute approximate surface area is 183 Å². The SMILES string of the molecule is CN(Cc1ccc(Cl)cc1)C(=O)C1CCCN1C(=O)NCc1cccc(C(F)(F)F)c1. The van der Waals surface area contributed by atoms with Crippen LogP contribution in [0.25, 0.3) is 0 Å². The number of carbonyl (C=O) groups is 2. The van der Waals surface area contributed by atoms with Gasteiger partial charge in [0, 0.05) is 31.7 Å². The van der Waals surface area contributed by atoms with Gasteiger partial charge in [-0.05, 0) is 48.2 Å². The lowest BCUT2D eigenvalue weighted by Gasteiger charge is -2.28. The summed E-state index contributed by atoms with van der Waals surface area (Å²) in [4.78, 5) is 28.6. The van der Waals surface area contributed by atoms with Crippen molar-refractivity contribution >= 4 is 23.5 Å². The summed E-state index contributed by atoms with van der Waals surface area (Å²) in [6.45, 7) is 0.743. The van der Waals surface area contributed by atoms with E-state index in [4.69, 9.17) is 11.6 Å². The van der Waals surface area contributed by atoms with Crippen molar-refractivity contribution < 1.29 is 22.8 Å². The molecule has 0 radical (unpaired) electrons. The lowest BCUT2D eigenvalue weighted by molar-refractivity contribution is -0.137. The Hall–Kier alpha value is -2.74. The largest absolute Gasteiger partial charge is 0.416 e. The number of nitrogens with one attached hydrogen (secondary N) is 1. The van der Waals surface area contributed by atoms with Crippen molar-refractivity contribution in [2.75, 3.05) is 13.6 Å². The molecule has 1 N–H and O–H groups in total. The highest BCUT2D eigenvalue weighted by Crippen LogP contribution is 2.29. The molecule has 1 heterocycles. The Bertz CT molecular complexity index is 934. The van der Waals surface area contributed by atoms with Crippen LogP contribution >= 0.6 is 11.6 Å². The van der Waals surface area contributed by atoms with Crippen molar-refractivity contribution in [2.24, 2.45) is 0 Å². The monoisotopic (exact) mass is 453 g/mol. The standard InChI is InChI=1S/C22H23ClF3N3O2/c1-28(14-15-7-9-18(23)10-8-15)20(30)19-6-3-11-29(19)21(31)27-13-16-4-2-5-17(12-16)22(24,25)26/h2,4-5,7-10,12,19H,3,6,11,13-14H2,1H3,(H,27,31). The number of halogens is 4. The van der Waals surface area contributed by atoms with E-state index in [9.17, 15) is 22.8 Å². The van der Waals surface area contributed by atoms with Crippen LogP contribution in [0.1, 0.15) is 29.5 Å². The first-order valence-corrected chi connectivity index (χ1v) is 10.2. The number of hydrogen-bond donors (Lipinski definition) is 1. The molecule has 1 aliphatic heterocycles. The van der Waals surface area contributed by atoms with E-state index < -0.39 is 23.8 Å². The normalized spacial score (nSPS) is 16.3. The minimum Gasteiger partial charge on any atom is -0.340 e. The van der Waals surface area contributed by atoms with Crippen LogP contribution in [0.15, 0.2) is 48.5 Å². The van der Waals surface area contributed by atoms with Gasteiger partial charge in [-0.3, -0.25) is 4.79 Å². The lowest BCUT2D eigenvalue weighted by atomic mass is 10.1. The van der Waals surface area contributed by atoms with Gasteiger partial charge in [-0.15, -0.1) is 0 Å². The highest BCUT2D eigenvalue weighted by Gasteiger charge is 2.36. The predicted molar refractivity (Wildman–Crippen MR) is 111 cm³/mol. The number of rotatable bonds is 5. The molecule has 31 heavy (non-hydrogen) atoms. The molecule has 1 unspecified atom stereocenters. The highest BCUT2D eigenvalue weighted by atomic mass is 35.5. The van der Waals surface area contributed by atoms with Crippen LogP contribution < -0.4 is 5.32 Å². The molecule has 2 aromatic rings. The fraction of sp³-hybridized carbons (Fsp3) is 0.364. The minimum absolute atomic E-state index is 0.0548. The Morgan fingerprint density at radius 1 is 1.16 bits per heavy atom. The maximum Gasteiger partial charge on any atom is 0.416 e. The first-order chi connectivity index (χ1) is 14.6. The van der Waals surface area contributed by atoms with Crippen molar-refractivity contribution in [2.45, 2.75) is 38.1 Å². The quantitative estimate of drug-likeness (QED) is 0.714. The average Bonchev–Trinajstić information content (AvgIpc) is 3.22. The number of carbonyl (C=O) groups excluding carboxylic acids is 2. The fourth-order valence-corrected chi connectivity index (χ4v) is 3.73. The molecule has 0 spiro atoms. The molecule has 0 bridgehead atoms. The molecule has 0 saturated carbocycles. The van der Waals surface area contributed by atoms with Crippen molar-refractivity contribution in [1.29, 1.82) is 0 Å². The van der Waals surface area contributed by atoms with E-state index in [1.807, 2.05) is 12.1 Å². The average molecular weight is 454 g/mol. The van der Waals surface area contributed by atoms with Gasteiger partial charge in [0.15, 0.2) is 0 Å². The number of urea groups is 1. The van der Waals surface area contributed by atoms with Crippen LogP contribution in [-0.2, 0) is 24.1 Å². The molecule has 1 atom stereocenters. The Balaban J connectivity index is 1.59. The Kier molecular flexibility index (Phi) is 7.10. The van der Waals surface area contributed by atoms with Crippen LogP contribution in [0, 0.1) is 0 Å². The number of likely N-dealkylation sites (N-methyl/N-ethyl adjacent to an activating group) is 1. The lowest BCUT2D eigenvalue weighted by Crippen LogP contribution is -2.49. The fourth-order valence-electron chi connectivity index (χ4n) is 3.60. The topological polar surface area (TPSA) is 52.7 Å². The molecule has 5 nitrogen and oxygen atoms in total. The van der Waals surface area contributed by atoms with Crippen LogP contribution in [0.4, 0.5) is 18.0 Å². The molecule has 0 aromatic heterocycles. The number of benzene rings is 2. The third kappa shape index (κ3) is 5.91. The van der Waals surface area contributed by atoms with Gasteiger partial charge >= 0.3 is 12.2 Å². The summed E-state index contributed by atoms with van der Waals surface area (Å²) < 4.78 is 38.6. The molecule has 1 saturated heterocycles. The Morgan fingerprint density at radius 2 is 1.87 bits per heavy atom. The van der Waals surface area contributed by atoms with E-state index in [-0.39, 0.29) is 12.5 Å². The molecule has 166 valence electrons. The molecule has 9 heteroatoms. The van der Waals surface area contributed by atoms with E-state index in [2.05, 4.69) is 5.32 Å². The van der Waals surface area contributed by atoms with Crippen molar-refractivity contribution in [3.8, 4) is 0 Å². The van der Waals surface area contributed by atoms with Crippen LogP contribution in [0.5, 0.6) is 0 Å². The van der Waals surface area contributed by atoms with Crippen molar-refractivity contribution in [3.63, 3.8) is 0 Å². The van der Waals surface area contributed by atoms with Crippen molar-refractivity contribution in [1.82, 2.24) is 15.1 Å². The predicted octanol–water partition coefficient (Wildman–Crippen LogP) is 4.69. The van der Waals surface area contributed by atoms with Crippen LogP contribution in [0.2, 0.25) is 5.02 Å². The minimum atomic E-state index is -4.44. The molecule has 2 aromatic carbocycles. The molecule has 0 aliphatic carbocycles. The zero-order valence-electron chi connectivity index (χ0n) is 17.0. The summed E-state index contributed by atoms with van der Waals surface area (Å²) in [5, 5.41) is 3.24. The Morgan fingerprint density at radius 3 is 2.55 bits per heavy atom. The molecular formula is C22H23ClF3N3O2. The van der Waals surface area contributed by atoms with Gasteiger partial charge in [0.05, 0.1) is 5.56 Å². The van der Waals surface area contributed by atoms with E-state index in [0.717, 1.165) is 17.7 Å². The van der Waals surface area contributed by atoms with Gasteiger partial charge < -0.3 is 15.1 Å². The van der Waals surface area contributed by atoms with E-state index in [1.165, 1.54) is 17.0 Å². The second-order valence-electron chi connectivity index (χ2n) is 7.53. The zero-order chi connectivity index (χ0) is 22.6. The summed E-state index contributed by atoms with van der Waals surface area (Å²) in [7, 11) is 1.67. The van der Waals surface area contributed by atoms with Crippen molar-refractivity contribution in [3.05, 3.63) is 70.2 Å². The number of amides is 3. The summed E-state index contributed by atoms with van der Waals surface area (Å²) >= 11 is 5.89. The molecule has 3 rings (SSSR count). The summed E-state index contributed by atoms with van der Waals surface area (Å²) in [5.74, 6) is -0.179. The molecular weight excluding hydrogens is 431 g/mol. The molecule has 1 fully saturated rings. The second-order valence-corrected chi connectivity index (χ2v) is 7.97. The van der Waals surface area contributed by atoms with Gasteiger partial charge in [0.25, 0.3) is 0 Å². The van der Waals surface area contributed by atoms with Gasteiger partial charge in [-0.1, -0.05) is 35.9 Å². The van der Waals surface area contributed by atoms with E-state index in [1.54, 1.807) is 24.1 Å². The molecule has 1 aliphatic rings. The van der Waals surface area contributed by atoms with Crippen LogP contribution in [0.3, 0.4) is 0 Å². The summed E-state index contributed by atoms with van der Waals surface area (Å²) in [6.07, 6.45) is -3.22. The zero-order valence-corrected chi connectivity index (χ0v) is 17.7. The maximum absolute atomic E-state index is 12.9. The van der Waals surface area contributed by atoms with Gasteiger partial charge in [0.1, 0.15) is 6.04 Å². The highest BCUT2D eigenvalue weighted by molar-refractivity contribution is 6.30. The van der Waals surface area contributed by atoms with Gasteiger partial charge in [-0.25, -0.2) is 4.79 Å². The summed E-state index contributed by atoms with van der Waals surface area (Å²) in [5.41, 5.74) is 0.487. The maximum atomic E-state index is 12.9. The molecule has 3 amide bonds. The summed E-state index contributed by atoms with van der Waals surface area (Å²) in [6, 6.07) is 10.9. The third-order valence-electron chi connectivity index (χ3n) is 5.21. The number of likely N-dealkylation sites (tertiary alicyclic amines) is 1. The first kappa shape index (κ1) is 22.9.